The zero-order chi connectivity index (χ0) is 9.68. The largest absolute Gasteiger partial charge is 1.00 e. The Hall–Kier alpha value is -1.75. The molecular formula is C8H11ClN5-. The van der Waals surface area contributed by atoms with E-state index in [-0.39, 0.29) is 24.3 Å². The van der Waals surface area contributed by atoms with Gasteiger partial charge in [0.05, 0.1) is 5.69 Å². The summed E-state index contributed by atoms with van der Waals surface area (Å²) in [7, 11) is 0. The van der Waals surface area contributed by atoms with Crippen molar-refractivity contribution in [2.45, 2.75) is 0 Å². The smallest absolute Gasteiger partial charge is 0.223 e. The lowest BCUT2D eigenvalue weighted by atomic mass is 10.3. The van der Waals surface area contributed by atoms with Gasteiger partial charge in [-0.05, 0) is 12.1 Å². The van der Waals surface area contributed by atoms with Crippen LogP contribution in [0.5, 0.6) is 0 Å². The Morgan fingerprint density at radius 3 is 2.07 bits per heavy atom. The van der Waals surface area contributed by atoms with Gasteiger partial charge in [0.2, 0.25) is 5.96 Å². The molecule has 0 unspecified atom stereocenters. The van der Waals surface area contributed by atoms with E-state index in [1.165, 1.54) is 0 Å². The SMILES string of the molecule is NC(N)=NC(N)=Nc1ccccc1.[Cl-]. The van der Waals surface area contributed by atoms with E-state index in [1.54, 1.807) is 12.1 Å². The molecule has 76 valence electrons. The van der Waals surface area contributed by atoms with Crippen molar-refractivity contribution in [3.05, 3.63) is 30.3 Å². The second-order valence-electron chi connectivity index (χ2n) is 2.34. The van der Waals surface area contributed by atoms with E-state index in [1.807, 2.05) is 18.2 Å². The van der Waals surface area contributed by atoms with Crippen molar-refractivity contribution >= 4 is 17.6 Å². The van der Waals surface area contributed by atoms with E-state index in [2.05, 4.69) is 9.98 Å². The van der Waals surface area contributed by atoms with Gasteiger partial charge in [-0.25, -0.2) is 4.99 Å². The molecule has 1 aromatic carbocycles. The quantitative estimate of drug-likeness (QED) is 0.340. The average Bonchev–Trinajstić information content (AvgIpc) is 2.04. The lowest BCUT2D eigenvalue weighted by Crippen LogP contribution is -3.00. The van der Waals surface area contributed by atoms with Crippen LogP contribution in [-0.4, -0.2) is 11.9 Å². The van der Waals surface area contributed by atoms with E-state index in [9.17, 15) is 0 Å². The number of para-hydroxylation sites is 1. The maximum atomic E-state index is 5.41. The van der Waals surface area contributed by atoms with E-state index in [0.29, 0.717) is 5.69 Å². The number of rotatable bonds is 1. The summed E-state index contributed by atoms with van der Waals surface area (Å²) >= 11 is 0. The number of halogens is 1. The Kier molecular flexibility index (Phi) is 5.09. The third kappa shape index (κ3) is 4.32. The van der Waals surface area contributed by atoms with Crippen LogP contribution in [0.15, 0.2) is 40.3 Å². The maximum Gasteiger partial charge on any atom is 0.223 e. The van der Waals surface area contributed by atoms with Gasteiger partial charge in [-0.2, -0.15) is 4.99 Å². The van der Waals surface area contributed by atoms with Crippen LogP contribution in [0.4, 0.5) is 5.69 Å². The zero-order valence-corrected chi connectivity index (χ0v) is 8.15. The molecule has 0 heterocycles. The minimum atomic E-state index is -0.0998. The average molecular weight is 213 g/mol. The number of hydrogen-bond donors (Lipinski definition) is 3. The van der Waals surface area contributed by atoms with Crippen molar-refractivity contribution in [2.24, 2.45) is 27.2 Å². The van der Waals surface area contributed by atoms with Crippen LogP contribution in [0.25, 0.3) is 0 Å². The number of guanidine groups is 2. The van der Waals surface area contributed by atoms with Crippen LogP contribution >= 0.6 is 0 Å². The third-order valence-corrected chi connectivity index (χ3v) is 1.24. The molecule has 0 aliphatic carbocycles. The summed E-state index contributed by atoms with van der Waals surface area (Å²) in [4.78, 5) is 7.52. The molecule has 0 aromatic heterocycles. The van der Waals surface area contributed by atoms with Gasteiger partial charge in [-0.15, -0.1) is 0 Å². The summed E-state index contributed by atoms with van der Waals surface area (Å²) in [5.74, 6) is -0.0524. The van der Waals surface area contributed by atoms with Crippen molar-refractivity contribution in [2.75, 3.05) is 0 Å². The lowest BCUT2D eigenvalue weighted by Gasteiger charge is -1.94. The summed E-state index contributed by atoms with van der Waals surface area (Å²) in [5, 5.41) is 0. The predicted molar refractivity (Wildman–Crippen MR) is 53.5 cm³/mol. The van der Waals surface area contributed by atoms with Gasteiger partial charge < -0.3 is 29.6 Å². The maximum absolute atomic E-state index is 5.41. The van der Waals surface area contributed by atoms with Gasteiger partial charge in [0.1, 0.15) is 0 Å². The third-order valence-electron chi connectivity index (χ3n) is 1.24. The first kappa shape index (κ1) is 12.2. The van der Waals surface area contributed by atoms with E-state index in [4.69, 9.17) is 17.2 Å². The van der Waals surface area contributed by atoms with Gasteiger partial charge in [-0.3, -0.25) is 0 Å². The molecule has 14 heavy (non-hydrogen) atoms. The monoisotopic (exact) mass is 212 g/mol. The first-order valence-electron chi connectivity index (χ1n) is 3.67. The fraction of sp³-hybridized carbons (Fsp3) is 0. The first-order chi connectivity index (χ1) is 6.18. The van der Waals surface area contributed by atoms with E-state index < -0.39 is 0 Å². The van der Waals surface area contributed by atoms with Crippen molar-refractivity contribution in [1.29, 1.82) is 0 Å². The molecule has 1 aromatic rings. The molecule has 0 atom stereocenters. The molecule has 0 bridgehead atoms. The van der Waals surface area contributed by atoms with Crippen molar-refractivity contribution < 1.29 is 12.4 Å². The molecule has 0 aliphatic rings. The molecule has 6 N–H and O–H groups in total. The Balaban J connectivity index is 0.00000169. The predicted octanol–water partition coefficient (Wildman–Crippen LogP) is -3.09. The van der Waals surface area contributed by atoms with Crippen LogP contribution in [0.1, 0.15) is 0 Å². The van der Waals surface area contributed by atoms with E-state index >= 15 is 0 Å². The Bertz CT molecular complexity index is 329. The Morgan fingerprint density at radius 2 is 1.57 bits per heavy atom. The zero-order valence-electron chi connectivity index (χ0n) is 7.39. The first-order valence-corrected chi connectivity index (χ1v) is 3.67. The molecule has 1 rings (SSSR count). The second-order valence-corrected chi connectivity index (χ2v) is 2.34. The Labute approximate surface area is 88.1 Å². The number of hydrogen-bond acceptors (Lipinski definition) is 1. The molecular weight excluding hydrogens is 202 g/mol. The molecule has 0 radical (unpaired) electrons. The molecule has 0 fully saturated rings. The molecule has 0 amide bonds. The van der Waals surface area contributed by atoms with Crippen molar-refractivity contribution in [3.63, 3.8) is 0 Å². The molecule has 0 saturated heterocycles. The standard InChI is InChI=1S/C8H11N5.ClH/c9-7(10)13-8(11)12-6-4-2-1-3-5-6;/h1-5H,(H6,9,10,11,12,13);1H/p-1. The second kappa shape index (κ2) is 5.82. The normalized spacial score (nSPS) is 10.1. The van der Waals surface area contributed by atoms with Gasteiger partial charge in [0.15, 0.2) is 5.96 Å². The topological polar surface area (TPSA) is 103 Å². The van der Waals surface area contributed by atoms with Crippen LogP contribution in [0.3, 0.4) is 0 Å². The van der Waals surface area contributed by atoms with Crippen LogP contribution in [0, 0.1) is 0 Å². The Morgan fingerprint density at radius 1 is 1.00 bits per heavy atom. The van der Waals surface area contributed by atoms with Gasteiger partial charge in [-0.1, -0.05) is 18.2 Å². The highest BCUT2D eigenvalue weighted by molar-refractivity contribution is 5.93. The molecule has 5 nitrogen and oxygen atoms in total. The highest BCUT2D eigenvalue weighted by atomic mass is 35.5. The van der Waals surface area contributed by atoms with Crippen LogP contribution in [0.2, 0.25) is 0 Å². The van der Waals surface area contributed by atoms with Crippen molar-refractivity contribution in [3.8, 4) is 0 Å². The minimum Gasteiger partial charge on any atom is -1.00 e. The summed E-state index contributed by atoms with van der Waals surface area (Å²) in [6.07, 6.45) is 0. The highest BCUT2D eigenvalue weighted by Gasteiger charge is 1.89. The summed E-state index contributed by atoms with van der Waals surface area (Å²) < 4.78 is 0. The van der Waals surface area contributed by atoms with E-state index in [0.717, 1.165) is 0 Å². The number of nitrogens with zero attached hydrogens (tertiary/aromatic N) is 2. The fourth-order valence-corrected chi connectivity index (χ4v) is 0.792. The summed E-state index contributed by atoms with van der Waals surface area (Å²) in [6.45, 7) is 0. The number of nitrogens with two attached hydrogens (primary N) is 3. The van der Waals surface area contributed by atoms with Gasteiger partial charge in [0, 0.05) is 0 Å². The lowest BCUT2D eigenvalue weighted by molar-refractivity contribution is -0.00000325. The number of aliphatic imine (C=N–C) groups is 2. The fourth-order valence-electron chi connectivity index (χ4n) is 0.792. The number of benzene rings is 1. The molecule has 0 saturated carbocycles. The van der Waals surface area contributed by atoms with Gasteiger partial charge in [0.25, 0.3) is 0 Å². The summed E-state index contributed by atoms with van der Waals surface area (Å²) in [5.41, 5.74) is 16.3. The van der Waals surface area contributed by atoms with Crippen molar-refractivity contribution in [1.82, 2.24) is 0 Å². The highest BCUT2D eigenvalue weighted by Crippen LogP contribution is 2.08. The molecule has 6 heteroatoms. The minimum absolute atomic E-state index is 0. The molecule has 0 aliphatic heterocycles. The summed E-state index contributed by atoms with van der Waals surface area (Å²) in [6, 6.07) is 9.18. The van der Waals surface area contributed by atoms with Gasteiger partial charge >= 0.3 is 0 Å². The molecule has 0 spiro atoms. The van der Waals surface area contributed by atoms with Crippen LogP contribution in [-0.2, 0) is 0 Å². The van der Waals surface area contributed by atoms with Crippen LogP contribution < -0.4 is 29.6 Å².